The molecule has 0 saturated carbocycles. The van der Waals surface area contributed by atoms with Crippen molar-refractivity contribution >= 4 is 35.0 Å². The van der Waals surface area contributed by atoms with Crippen molar-refractivity contribution in [2.75, 3.05) is 11.1 Å². The van der Waals surface area contributed by atoms with Crippen LogP contribution in [0.2, 0.25) is 5.15 Å². The normalized spacial score (nSPS) is 11.3. The molecule has 0 fully saturated rings. The zero-order chi connectivity index (χ0) is 16.2. The highest BCUT2D eigenvalue weighted by atomic mass is 35.5. The van der Waals surface area contributed by atoms with Crippen molar-refractivity contribution in [2.45, 2.75) is 11.2 Å². The molecule has 0 aromatic carbocycles. The van der Waals surface area contributed by atoms with Gasteiger partial charge in [-0.2, -0.15) is 13.2 Å². The van der Waals surface area contributed by atoms with E-state index in [-0.39, 0.29) is 16.8 Å². The molecule has 0 atom stereocenters. The second-order valence-corrected chi connectivity index (χ2v) is 5.42. The molecule has 0 saturated heterocycles. The minimum Gasteiger partial charge on any atom is -0.323 e. The summed E-state index contributed by atoms with van der Waals surface area (Å²) >= 11 is 6.81. The summed E-state index contributed by atoms with van der Waals surface area (Å²) < 4.78 is 37.2. The average molecular weight is 348 g/mol. The van der Waals surface area contributed by atoms with Crippen LogP contribution < -0.4 is 5.32 Å². The summed E-state index contributed by atoms with van der Waals surface area (Å²) in [6, 6.07) is 5.35. The van der Waals surface area contributed by atoms with Crippen molar-refractivity contribution in [1.82, 2.24) is 9.97 Å². The smallest absolute Gasteiger partial charge is 0.323 e. The number of pyridine rings is 2. The van der Waals surface area contributed by atoms with Crippen molar-refractivity contribution in [3.05, 3.63) is 47.4 Å². The molecule has 2 aromatic heterocycles. The van der Waals surface area contributed by atoms with E-state index in [4.69, 9.17) is 11.6 Å². The molecule has 1 N–H and O–H groups in total. The minimum atomic E-state index is -4.43. The number of thioether (sulfide) groups is 1. The fourth-order valence-corrected chi connectivity index (χ4v) is 2.25. The standard InChI is InChI=1S/C13H9ClF3N3OS/c14-12-9(2-1-5-18-12)20-10(21)7-22-11-4-3-8(6-19-11)13(15,16)17/h1-6H,7H2,(H,20,21). The quantitative estimate of drug-likeness (QED) is 0.673. The highest BCUT2D eigenvalue weighted by Gasteiger charge is 2.30. The first-order chi connectivity index (χ1) is 10.4. The maximum absolute atomic E-state index is 12.4. The number of halogens is 4. The first kappa shape index (κ1) is 16.6. The van der Waals surface area contributed by atoms with E-state index in [1.54, 1.807) is 12.1 Å². The van der Waals surface area contributed by atoms with Crippen LogP contribution in [0.3, 0.4) is 0 Å². The lowest BCUT2D eigenvalue weighted by molar-refractivity contribution is -0.137. The number of hydrogen-bond donors (Lipinski definition) is 1. The molecule has 9 heteroatoms. The molecule has 1 amide bonds. The van der Waals surface area contributed by atoms with Gasteiger partial charge in [-0.3, -0.25) is 4.79 Å². The highest BCUT2D eigenvalue weighted by Crippen LogP contribution is 2.29. The summed E-state index contributed by atoms with van der Waals surface area (Å²) in [5.41, 5.74) is -0.460. The van der Waals surface area contributed by atoms with E-state index >= 15 is 0 Å². The summed E-state index contributed by atoms with van der Waals surface area (Å²) in [6.07, 6.45) is -2.21. The van der Waals surface area contributed by atoms with E-state index in [2.05, 4.69) is 15.3 Å². The number of nitrogens with one attached hydrogen (secondary N) is 1. The predicted molar refractivity (Wildman–Crippen MR) is 77.8 cm³/mol. The van der Waals surface area contributed by atoms with Crippen molar-refractivity contribution in [1.29, 1.82) is 0 Å². The summed E-state index contributed by atoms with van der Waals surface area (Å²) in [5.74, 6) is -0.370. The Bertz CT molecular complexity index is 664. The van der Waals surface area contributed by atoms with E-state index in [1.165, 1.54) is 12.3 Å². The third-order valence-electron chi connectivity index (χ3n) is 2.45. The van der Waals surface area contributed by atoms with Gasteiger partial charge in [-0.15, -0.1) is 0 Å². The van der Waals surface area contributed by atoms with Gasteiger partial charge in [0, 0.05) is 12.4 Å². The summed E-state index contributed by atoms with van der Waals surface area (Å²) in [7, 11) is 0. The summed E-state index contributed by atoms with van der Waals surface area (Å²) in [6.45, 7) is 0. The third kappa shape index (κ3) is 4.60. The van der Waals surface area contributed by atoms with Gasteiger partial charge in [0.1, 0.15) is 0 Å². The maximum Gasteiger partial charge on any atom is 0.417 e. The number of carbonyl (C=O) groups excluding carboxylic acids is 1. The first-order valence-electron chi connectivity index (χ1n) is 5.92. The molecule has 0 aliphatic heterocycles. The Morgan fingerprint density at radius 2 is 2.05 bits per heavy atom. The molecular formula is C13H9ClF3N3OS. The van der Waals surface area contributed by atoms with Gasteiger partial charge in [0.25, 0.3) is 0 Å². The molecule has 116 valence electrons. The fourth-order valence-electron chi connectivity index (χ4n) is 1.44. The monoisotopic (exact) mass is 347 g/mol. The molecular weight excluding hydrogens is 339 g/mol. The van der Waals surface area contributed by atoms with E-state index in [1.807, 2.05) is 0 Å². The molecule has 2 heterocycles. The average Bonchev–Trinajstić information content (AvgIpc) is 2.47. The van der Waals surface area contributed by atoms with Gasteiger partial charge in [-0.1, -0.05) is 23.4 Å². The van der Waals surface area contributed by atoms with Crippen LogP contribution in [0.4, 0.5) is 18.9 Å². The Morgan fingerprint density at radius 3 is 2.64 bits per heavy atom. The molecule has 0 unspecified atom stereocenters. The van der Waals surface area contributed by atoms with Crippen LogP contribution in [-0.2, 0) is 11.0 Å². The number of rotatable bonds is 4. The van der Waals surface area contributed by atoms with Gasteiger partial charge < -0.3 is 5.32 Å². The minimum absolute atomic E-state index is 0.0103. The Kier molecular flexibility index (Phi) is 5.25. The number of anilines is 1. The van der Waals surface area contributed by atoms with Crippen LogP contribution in [0.25, 0.3) is 0 Å². The molecule has 2 rings (SSSR count). The van der Waals surface area contributed by atoms with Gasteiger partial charge in [-0.25, -0.2) is 9.97 Å². The van der Waals surface area contributed by atoms with E-state index < -0.39 is 11.7 Å². The van der Waals surface area contributed by atoms with E-state index in [0.717, 1.165) is 24.0 Å². The number of aromatic nitrogens is 2. The van der Waals surface area contributed by atoms with Crippen LogP contribution in [0, 0.1) is 0 Å². The molecule has 4 nitrogen and oxygen atoms in total. The first-order valence-corrected chi connectivity index (χ1v) is 7.29. The molecule has 22 heavy (non-hydrogen) atoms. The number of hydrogen-bond acceptors (Lipinski definition) is 4. The van der Waals surface area contributed by atoms with Gasteiger partial charge >= 0.3 is 6.18 Å². The molecule has 0 bridgehead atoms. The zero-order valence-electron chi connectivity index (χ0n) is 10.9. The van der Waals surface area contributed by atoms with Crippen LogP contribution >= 0.6 is 23.4 Å². The number of nitrogens with zero attached hydrogens (tertiary/aromatic N) is 2. The number of carbonyl (C=O) groups is 1. The maximum atomic E-state index is 12.4. The van der Waals surface area contributed by atoms with E-state index in [0.29, 0.717) is 10.7 Å². The fraction of sp³-hybridized carbons (Fsp3) is 0.154. The van der Waals surface area contributed by atoms with Crippen molar-refractivity contribution in [3.63, 3.8) is 0 Å². The molecule has 0 aliphatic rings. The van der Waals surface area contributed by atoms with Gasteiger partial charge in [0.15, 0.2) is 5.15 Å². The van der Waals surface area contributed by atoms with Crippen LogP contribution in [0.15, 0.2) is 41.7 Å². The van der Waals surface area contributed by atoms with Crippen LogP contribution in [0.1, 0.15) is 5.56 Å². The Labute approximate surface area is 133 Å². The zero-order valence-corrected chi connectivity index (χ0v) is 12.5. The Hall–Kier alpha value is -1.80. The van der Waals surface area contributed by atoms with Gasteiger partial charge in [-0.05, 0) is 24.3 Å². The lowest BCUT2D eigenvalue weighted by Crippen LogP contribution is -2.14. The van der Waals surface area contributed by atoms with Crippen molar-refractivity contribution < 1.29 is 18.0 Å². The second-order valence-electron chi connectivity index (χ2n) is 4.06. The number of alkyl halides is 3. The summed E-state index contributed by atoms with van der Waals surface area (Å²) in [5, 5.41) is 3.03. The lowest BCUT2D eigenvalue weighted by Gasteiger charge is -2.07. The topological polar surface area (TPSA) is 54.9 Å². The molecule has 2 aromatic rings. The van der Waals surface area contributed by atoms with Gasteiger partial charge in [0.2, 0.25) is 5.91 Å². The Morgan fingerprint density at radius 1 is 1.27 bits per heavy atom. The predicted octanol–water partition coefficient (Wildman–Crippen LogP) is 3.88. The summed E-state index contributed by atoms with van der Waals surface area (Å²) in [4.78, 5) is 19.2. The Balaban J connectivity index is 1.90. The van der Waals surface area contributed by atoms with Crippen LogP contribution in [-0.4, -0.2) is 21.6 Å². The van der Waals surface area contributed by atoms with Crippen molar-refractivity contribution in [3.8, 4) is 0 Å². The highest BCUT2D eigenvalue weighted by molar-refractivity contribution is 7.99. The largest absolute Gasteiger partial charge is 0.417 e. The molecule has 0 aliphatic carbocycles. The van der Waals surface area contributed by atoms with Gasteiger partial charge in [0.05, 0.1) is 22.0 Å². The SMILES string of the molecule is O=C(CSc1ccc(C(F)(F)F)cn1)Nc1cccnc1Cl. The second kappa shape index (κ2) is 6.97. The lowest BCUT2D eigenvalue weighted by atomic mass is 10.3. The third-order valence-corrected chi connectivity index (χ3v) is 3.69. The van der Waals surface area contributed by atoms with Crippen LogP contribution in [0.5, 0.6) is 0 Å². The molecule has 0 spiro atoms. The molecule has 0 radical (unpaired) electrons. The van der Waals surface area contributed by atoms with E-state index in [9.17, 15) is 18.0 Å². The number of amides is 1. The van der Waals surface area contributed by atoms with Crippen molar-refractivity contribution in [2.24, 2.45) is 0 Å².